The first kappa shape index (κ1) is 24.5. The molecule has 0 aliphatic heterocycles. The molecule has 214 valence electrons. The van der Waals surface area contributed by atoms with Crippen LogP contribution in [0.1, 0.15) is 0 Å². The van der Waals surface area contributed by atoms with Gasteiger partial charge in [0.1, 0.15) is 0 Å². The molecule has 0 spiro atoms. The van der Waals surface area contributed by atoms with Gasteiger partial charge in [-0.15, -0.1) is 11.3 Å². The number of hydrogen-bond donors (Lipinski definition) is 0. The van der Waals surface area contributed by atoms with Crippen LogP contribution in [-0.4, -0.2) is 13.7 Å². The van der Waals surface area contributed by atoms with Crippen molar-refractivity contribution in [1.29, 1.82) is 0 Å². The molecule has 11 aromatic rings. The molecule has 0 aliphatic rings. The van der Waals surface area contributed by atoms with Crippen molar-refractivity contribution in [2.75, 3.05) is 0 Å². The van der Waals surface area contributed by atoms with Crippen molar-refractivity contribution in [2.45, 2.75) is 0 Å². The van der Waals surface area contributed by atoms with Crippen LogP contribution in [0.4, 0.5) is 0 Å². The van der Waals surface area contributed by atoms with Gasteiger partial charge in [0.05, 0.1) is 43.5 Å². The molecular formula is C42H25N3S. The van der Waals surface area contributed by atoms with Gasteiger partial charge < -0.3 is 13.7 Å². The van der Waals surface area contributed by atoms with Crippen LogP contribution in [0, 0.1) is 0 Å². The Hall–Kier alpha value is -5.84. The van der Waals surface area contributed by atoms with Gasteiger partial charge in [0.15, 0.2) is 0 Å². The molecule has 0 radical (unpaired) electrons. The van der Waals surface area contributed by atoms with Crippen molar-refractivity contribution in [3.05, 3.63) is 152 Å². The second-order valence-electron chi connectivity index (χ2n) is 12.2. The number of nitrogens with zero attached hydrogens (tertiary/aromatic N) is 3. The summed E-state index contributed by atoms with van der Waals surface area (Å²) in [4.78, 5) is 0. The lowest BCUT2D eigenvalue weighted by atomic mass is 10.1. The summed E-state index contributed by atoms with van der Waals surface area (Å²) < 4.78 is 9.99. The van der Waals surface area contributed by atoms with Crippen molar-refractivity contribution >= 4 is 86.2 Å². The fourth-order valence-electron chi connectivity index (χ4n) is 7.98. The van der Waals surface area contributed by atoms with E-state index in [1.165, 1.54) is 91.9 Å². The van der Waals surface area contributed by atoms with Gasteiger partial charge in [-0.1, -0.05) is 78.9 Å². The molecular weight excluding hydrogens is 579 g/mol. The normalized spacial score (nSPS) is 12.3. The average Bonchev–Trinajstić information content (AvgIpc) is 3.85. The van der Waals surface area contributed by atoms with E-state index < -0.39 is 0 Å². The van der Waals surface area contributed by atoms with Crippen molar-refractivity contribution in [3.8, 4) is 17.1 Å². The highest BCUT2D eigenvalue weighted by atomic mass is 32.1. The van der Waals surface area contributed by atoms with Crippen LogP contribution in [0.2, 0.25) is 0 Å². The smallest absolute Gasteiger partial charge is 0.0640 e. The third-order valence-electron chi connectivity index (χ3n) is 9.81. The molecule has 4 aromatic heterocycles. The Morgan fingerprint density at radius 3 is 1.70 bits per heavy atom. The number of thiophene rings is 1. The van der Waals surface area contributed by atoms with Gasteiger partial charge in [0.25, 0.3) is 0 Å². The Morgan fingerprint density at radius 2 is 0.913 bits per heavy atom. The third-order valence-corrected chi connectivity index (χ3v) is 11.0. The molecule has 0 saturated heterocycles. The largest absolute Gasteiger partial charge is 0.309 e. The van der Waals surface area contributed by atoms with Crippen LogP contribution in [0.5, 0.6) is 0 Å². The Labute approximate surface area is 267 Å². The number of para-hydroxylation sites is 2. The second-order valence-corrected chi connectivity index (χ2v) is 13.2. The Kier molecular flexibility index (Phi) is 4.72. The van der Waals surface area contributed by atoms with Crippen molar-refractivity contribution in [3.63, 3.8) is 0 Å². The van der Waals surface area contributed by atoms with E-state index in [0.29, 0.717) is 0 Å². The fraction of sp³-hybridized carbons (Fsp3) is 0. The summed E-state index contributed by atoms with van der Waals surface area (Å²) in [6, 6.07) is 55.5. The Balaban J connectivity index is 1.20. The molecule has 4 heterocycles. The molecule has 4 heteroatoms. The number of fused-ring (bicyclic) bond motifs is 6. The SMILES string of the molecule is c1ccc(-n2c3ccccc3c3cc(-n4c5cccc6c5c5c4cccc5n6-c4cccc5c4sc4ccccc45)ccc32)cc1. The van der Waals surface area contributed by atoms with E-state index in [2.05, 4.69) is 165 Å². The summed E-state index contributed by atoms with van der Waals surface area (Å²) >= 11 is 1.89. The molecule has 7 aromatic carbocycles. The molecule has 0 bridgehead atoms. The highest BCUT2D eigenvalue weighted by Gasteiger charge is 2.24. The molecule has 0 amide bonds. The summed E-state index contributed by atoms with van der Waals surface area (Å²) in [5, 5.41) is 7.81. The zero-order valence-electron chi connectivity index (χ0n) is 24.7. The summed E-state index contributed by atoms with van der Waals surface area (Å²) in [5.74, 6) is 0. The van der Waals surface area contributed by atoms with Gasteiger partial charge in [0, 0.05) is 48.4 Å². The lowest BCUT2D eigenvalue weighted by molar-refractivity contribution is 1.16. The van der Waals surface area contributed by atoms with Crippen LogP contribution in [0.15, 0.2) is 152 Å². The molecule has 0 N–H and O–H groups in total. The fourth-order valence-corrected chi connectivity index (χ4v) is 9.18. The highest BCUT2D eigenvalue weighted by Crippen LogP contribution is 2.45. The van der Waals surface area contributed by atoms with E-state index in [9.17, 15) is 0 Å². The second kappa shape index (κ2) is 8.87. The average molecular weight is 604 g/mol. The van der Waals surface area contributed by atoms with Gasteiger partial charge in [-0.2, -0.15) is 0 Å². The number of rotatable bonds is 3. The molecule has 0 aliphatic carbocycles. The van der Waals surface area contributed by atoms with Crippen molar-refractivity contribution < 1.29 is 0 Å². The van der Waals surface area contributed by atoms with E-state index in [-0.39, 0.29) is 0 Å². The van der Waals surface area contributed by atoms with Crippen molar-refractivity contribution in [2.24, 2.45) is 0 Å². The zero-order valence-corrected chi connectivity index (χ0v) is 25.5. The number of benzene rings is 7. The summed E-state index contributed by atoms with van der Waals surface area (Å²) in [6.07, 6.45) is 0. The summed E-state index contributed by atoms with van der Waals surface area (Å²) in [6.45, 7) is 0. The molecule has 3 nitrogen and oxygen atoms in total. The predicted molar refractivity (Wildman–Crippen MR) is 196 cm³/mol. The van der Waals surface area contributed by atoms with E-state index in [1.54, 1.807) is 0 Å². The summed E-state index contributed by atoms with van der Waals surface area (Å²) in [5.41, 5.74) is 11.0. The first-order valence-electron chi connectivity index (χ1n) is 15.7. The maximum absolute atomic E-state index is 2.49. The summed E-state index contributed by atoms with van der Waals surface area (Å²) in [7, 11) is 0. The van der Waals surface area contributed by atoms with Crippen LogP contribution >= 0.6 is 11.3 Å². The minimum Gasteiger partial charge on any atom is -0.309 e. The van der Waals surface area contributed by atoms with Gasteiger partial charge in [-0.05, 0) is 72.8 Å². The highest BCUT2D eigenvalue weighted by molar-refractivity contribution is 7.26. The minimum absolute atomic E-state index is 1.18. The van der Waals surface area contributed by atoms with Gasteiger partial charge in [-0.3, -0.25) is 0 Å². The Bertz CT molecular complexity index is 2900. The molecule has 0 unspecified atom stereocenters. The molecule has 0 atom stereocenters. The maximum Gasteiger partial charge on any atom is 0.0640 e. The van der Waals surface area contributed by atoms with E-state index in [1.807, 2.05) is 11.3 Å². The monoisotopic (exact) mass is 603 g/mol. The van der Waals surface area contributed by atoms with Gasteiger partial charge >= 0.3 is 0 Å². The zero-order chi connectivity index (χ0) is 29.9. The van der Waals surface area contributed by atoms with Crippen LogP contribution in [-0.2, 0) is 0 Å². The van der Waals surface area contributed by atoms with Gasteiger partial charge in [0.2, 0.25) is 0 Å². The first-order valence-corrected chi connectivity index (χ1v) is 16.5. The molecule has 0 fully saturated rings. The van der Waals surface area contributed by atoms with E-state index in [0.717, 1.165) is 0 Å². The van der Waals surface area contributed by atoms with Crippen molar-refractivity contribution in [1.82, 2.24) is 13.7 Å². The topological polar surface area (TPSA) is 14.8 Å². The van der Waals surface area contributed by atoms with Gasteiger partial charge in [-0.25, -0.2) is 0 Å². The van der Waals surface area contributed by atoms with E-state index in [4.69, 9.17) is 0 Å². The maximum atomic E-state index is 2.49. The molecule has 11 rings (SSSR count). The van der Waals surface area contributed by atoms with Crippen LogP contribution in [0.3, 0.4) is 0 Å². The number of aromatic nitrogens is 3. The van der Waals surface area contributed by atoms with Crippen LogP contribution in [0.25, 0.3) is 91.9 Å². The molecule has 0 saturated carbocycles. The lowest BCUT2D eigenvalue weighted by Gasteiger charge is -2.13. The third kappa shape index (κ3) is 3.06. The molecule has 46 heavy (non-hydrogen) atoms. The lowest BCUT2D eigenvalue weighted by Crippen LogP contribution is -1.98. The standard InChI is InChI=1S/C42H25N3S/c1-2-11-26(12-3-1)43-32-16-6-4-13-28(32)31-25-27(23-24-33(31)43)44-34-17-9-19-36-40(34)41-35(44)18-10-20-37(41)45(36)38-21-8-15-30-29-14-5-7-22-39(29)46-42(30)38/h1-25H. The van der Waals surface area contributed by atoms with Crippen LogP contribution < -0.4 is 0 Å². The van der Waals surface area contributed by atoms with E-state index >= 15 is 0 Å². The Morgan fingerprint density at radius 1 is 0.348 bits per heavy atom. The quantitative estimate of drug-likeness (QED) is 0.191. The first-order chi connectivity index (χ1) is 22.8. The predicted octanol–water partition coefficient (Wildman–Crippen LogP) is 11.6. The minimum atomic E-state index is 1.18. The number of hydrogen-bond acceptors (Lipinski definition) is 1.